The number of nitrogens with two attached hydrogens (primary N) is 1. The molecular weight excluding hydrogens is 278 g/mol. The van der Waals surface area contributed by atoms with E-state index in [1.54, 1.807) is 0 Å². The Morgan fingerprint density at radius 2 is 2.14 bits per heavy atom. The van der Waals surface area contributed by atoms with Gasteiger partial charge in [-0.05, 0) is 19.4 Å². The molecule has 1 aromatic rings. The standard InChI is InChI=1S/C13H17N3O5/c1-3-6-15-12(17)8(2)21-13(18)10-5-4-9(16(19)20)7-11(10)14/h4-5,7-8H,3,6,14H2,1-2H3,(H,15,17)/t8-/m1/s1. The van der Waals surface area contributed by atoms with Crippen molar-refractivity contribution in [1.82, 2.24) is 5.32 Å². The summed E-state index contributed by atoms with van der Waals surface area (Å²) in [6.45, 7) is 3.82. The van der Waals surface area contributed by atoms with Gasteiger partial charge in [0, 0.05) is 18.7 Å². The number of nitro benzene ring substituents is 1. The molecule has 0 unspecified atom stereocenters. The molecule has 1 amide bonds. The maximum Gasteiger partial charge on any atom is 0.341 e. The summed E-state index contributed by atoms with van der Waals surface area (Å²) in [6.07, 6.45) is -0.208. The van der Waals surface area contributed by atoms with Gasteiger partial charge in [0.1, 0.15) is 0 Å². The monoisotopic (exact) mass is 295 g/mol. The van der Waals surface area contributed by atoms with Crippen molar-refractivity contribution in [1.29, 1.82) is 0 Å². The number of carbonyl (C=O) groups is 2. The predicted octanol–water partition coefficient (Wildman–Crippen LogP) is 1.25. The van der Waals surface area contributed by atoms with Crippen LogP contribution in [0.5, 0.6) is 0 Å². The maximum absolute atomic E-state index is 11.9. The average Bonchev–Trinajstić information content (AvgIpc) is 2.44. The number of nitrogens with zero attached hydrogens (tertiary/aromatic N) is 1. The highest BCUT2D eigenvalue weighted by atomic mass is 16.6. The Bertz CT molecular complexity index is 559. The van der Waals surface area contributed by atoms with E-state index >= 15 is 0 Å². The third-order valence-corrected chi connectivity index (χ3v) is 2.67. The van der Waals surface area contributed by atoms with Crippen LogP contribution in [0.1, 0.15) is 30.6 Å². The molecule has 0 bridgehead atoms. The second kappa shape index (κ2) is 7.22. The molecule has 0 radical (unpaired) electrons. The van der Waals surface area contributed by atoms with Crippen LogP contribution in [0.15, 0.2) is 18.2 Å². The van der Waals surface area contributed by atoms with Crippen molar-refractivity contribution in [3.8, 4) is 0 Å². The van der Waals surface area contributed by atoms with Gasteiger partial charge in [-0.25, -0.2) is 4.79 Å². The summed E-state index contributed by atoms with van der Waals surface area (Å²) in [5, 5.41) is 13.2. The molecule has 0 heterocycles. The van der Waals surface area contributed by atoms with Crippen LogP contribution >= 0.6 is 0 Å². The van der Waals surface area contributed by atoms with Crippen molar-refractivity contribution in [3.05, 3.63) is 33.9 Å². The number of amides is 1. The van der Waals surface area contributed by atoms with Crippen LogP contribution in [0.4, 0.5) is 11.4 Å². The molecule has 0 aliphatic heterocycles. The molecular formula is C13H17N3O5. The lowest BCUT2D eigenvalue weighted by molar-refractivity contribution is -0.384. The fourth-order valence-corrected chi connectivity index (χ4v) is 1.52. The minimum Gasteiger partial charge on any atom is -0.449 e. The summed E-state index contributed by atoms with van der Waals surface area (Å²) in [5.74, 6) is -1.22. The third kappa shape index (κ3) is 4.44. The Morgan fingerprint density at radius 3 is 2.67 bits per heavy atom. The molecule has 0 aromatic heterocycles. The number of anilines is 1. The zero-order valence-corrected chi connectivity index (χ0v) is 11.8. The highest BCUT2D eigenvalue weighted by Crippen LogP contribution is 2.20. The Hall–Kier alpha value is -2.64. The van der Waals surface area contributed by atoms with Crippen molar-refractivity contribution < 1.29 is 19.2 Å². The predicted molar refractivity (Wildman–Crippen MR) is 75.7 cm³/mol. The van der Waals surface area contributed by atoms with Crippen molar-refractivity contribution in [2.75, 3.05) is 12.3 Å². The molecule has 3 N–H and O–H groups in total. The number of carbonyl (C=O) groups excluding carboxylic acids is 2. The number of nitrogens with one attached hydrogen (secondary N) is 1. The van der Waals surface area contributed by atoms with Crippen LogP contribution in [-0.2, 0) is 9.53 Å². The van der Waals surface area contributed by atoms with E-state index in [0.717, 1.165) is 18.6 Å². The molecule has 0 aliphatic rings. The molecule has 21 heavy (non-hydrogen) atoms. The van der Waals surface area contributed by atoms with Crippen LogP contribution in [0.3, 0.4) is 0 Å². The summed E-state index contributed by atoms with van der Waals surface area (Å²) < 4.78 is 4.98. The Labute approximate surface area is 121 Å². The van der Waals surface area contributed by atoms with E-state index in [2.05, 4.69) is 5.32 Å². The SMILES string of the molecule is CCCNC(=O)[C@@H](C)OC(=O)c1ccc([N+](=O)[O-])cc1N. The van der Waals surface area contributed by atoms with Crippen molar-refractivity contribution >= 4 is 23.3 Å². The Balaban J connectivity index is 2.76. The van der Waals surface area contributed by atoms with E-state index in [1.165, 1.54) is 13.0 Å². The number of rotatable bonds is 6. The molecule has 1 atom stereocenters. The summed E-state index contributed by atoms with van der Waals surface area (Å²) in [6, 6.07) is 3.42. The molecule has 0 spiro atoms. The number of nitrogen functional groups attached to an aromatic ring is 1. The van der Waals surface area contributed by atoms with Gasteiger partial charge in [0.2, 0.25) is 0 Å². The lowest BCUT2D eigenvalue weighted by Gasteiger charge is -2.13. The second-order valence-corrected chi connectivity index (χ2v) is 4.37. The van der Waals surface area contributed by atoms with Gasteiger partial charge in [0.05, 0.1) is 16.2 Å². The van der Waals surface area contributed by atoms with E-state index in [4.69, 9.17) is 10.5 Å². The van der Waals surface area contributed by atoms with E-state index in [-0.39, 0.29) is 16.9 Å². The molecule has 0 aliphatic carbocycles. The first-order valence-corrected chi connectivity index (χ1v) is 6.39. The Kier molecular flexibility index (Phi) is 5.65. The minimum absolute atomic E-state index is 0.0178. The highest BCUT2D eigenvalue weighted by Gasteiger charge is 2.21. The lowest BCUT2D eigenvalue weighted by Crippen LogP contribution is -2.36. The lowest BCUT2D eigenvalue weighted by atomic mass is 10.1. The summed E-state index contributed by atoms with van der Waals surface area (Å²) >= 11 is 0. The van der Waals surface area contributed by atoms with E-state index < -0.39 is 22.9 Å². The second-order valence-electron chi connectivity index (χ2n) is 4.37. The van der Waals surface area contributed by atoms with Gasteiger partial charge in [0.25, 0.3) is 11.6 Å². The topological polar surface area (TPSA) is 125 Å². The van der Waals surface area contributed by atoms with Gasteiger partial charge in [-0.3, -0.25) is 14.9 Å². The number of non-ortho nitro benzene ring substituents is 1. The van der Waals surface area contributed by atoms with Crippen LogP contribution < -0.4 is 11.1 Å². The number of benzene rings is 1. The first kappa shape index (κ1) is 16.4. The van der Waals surface area contributed by atoms with Gasteiger partial charge in [0.15, 0.2) is 6.10 Å². The molecule has 114 valence electrons. The number of ether oxygens (including phenoxy) is 1. The fraction of sp³-hybridized carbons (Fsp3) is 0.385. The largest absolute Gasteiger partial charge is 0.449 e. The normalized spacial score (nSPS) is 11.5. The van der Waals surface area contributed by atoms with E-state index in [9.17, 15) is 19.7 Å². The summed E-state index contributed by atoms with van der Waals surface area (Å²) in [7, 11) is 0. The number of esters is 1. The first-order chi connectivity index (χ1) is 9.86. The number of nitro groups is 1. The van der Waals surface area contributed by atoms with Gasteiger partial charge >= 0.3 is 5.97 Å². The van der Waals surface area contributed by atoms with Crippen molar-refractivity contribution in [2.45, 2.75) is 26.4 Å². The summed E-state index contributed by atoms with van der Waals surface area (Å²) in [4.78, 5) is 33.4. The van der Waals surface area contributed by atoms with Crippen molar-refractivity contribution in [2.24, 2.45) is 0 Å². The van der Waals surface area contributed by atoms with E-state index in [1.807, 2.05) is 6.92 Å². The number of hydrogen-bond acceptors (Lipinski definition) is 6. The van der Waals surface area contributed by atoms with Gasteiger partial charge in [-0.15, -0.1) is 0 Å². The van der Waals surface area contributed by atoms with Crippen LogP contribution in [-0.4, -0.2) is 29.4 Å². The molecule has 1 rings (SSSR count). The highest BCUT2D eigenvalue weighted by molar-refractivity contribution is 5.97. The molecule has 0 fully saturated rings. The summed E-state index contributed by atoms with van der Waals surface area (Å²) in [5.41, 5.74) is 5.27. The maximum atomic E-state index is 11.9. The zero-order chi connectivity index (χ0) is 16.0. The smallest absolute Gasteiger partial charge is 0.341 e. The average molecular weight is 295 g/mol. The van der Waals surface area contributed by atoms with E-state index in [0.29, 0.717) is 6.54 Å². The van der Waals surface area contributed by atoms with Crippen LogP contribution in [0, 0.1) is 10.1 Å². The molecule has 0 saturated heterocycles. The van der Waals surface area contributed by atoms with Crippen LogP contribution in [0.2, 0.25) is 0 Å². The first-order valence-electron chi connectivity index (χ1n) is 6.39. The molecule has 8 heteroatoms. The quantitative estimate of drug-likeness (QED) is 0.352. The van der Waals surface area contributed by atoms with Crippen LogP contribution in [0.25, 0.3) is 0 Å². The molecule has 0 saturated carbocycles. The third-order valence-electron chi connectivity index (χ3n) is 2.67. The molecule has 1 aromatic carbocycles. The number of hydrogen-bond donors (Lipinski definition) is 2. The Morgan fingerprint density at radius 1 is 1.48 bits per heavy atom. The zero-order valence-electron chi connectivity index (χ0n) is 11.8. The van der Waals surface area contributed by atoms with Gasteiger partial charge in [-0.1, -0.05) is 6.92 Å². The molecule has 8 nitrogen and oxygen atoms in total. The van der Waals surface area contributed by atoms with Gasteiger partial charge < -0.3 is 15.8 Å². The minimum atomic E-state index is -0.973. The van der Waals surface area contributed by atoms with Gasteiger partial charge in [-0.2, -0.15) is 0 Å². The fourth-order valence-electron chi connectivity index (χ4n) is 1.52. The van der Waals surface area contributed by atoms with Crippen molar-refractivity contribution in [3.63, 3.8) is 0 Å².